The predicted molar refractivity (Wildman–Crippen MR) is 66.4 cm³/mol. The van der Waals surface area contributed by atoms with Crippen molar-refractivity contribution >= 4 is 15.7 Å². The second kappa shape index (κ2) is 7.62. The van der Waals surface area contributed by atoms with Crippen LogP contribution in [0.2, 0.25) is 0 Å². The summed E-state index contributed by atoms with van der Waals surface area (Å²) in [5.74, 6) is -0.402. The van der Waals surface area contributed by atoms with Gasteiger partial charge >= 0.3 is 0 Å². The van der Waals surface area contributed by atoms with Gasteiger partial charge in [-0.3, -0.25) is 4.79 Å². The summed E-state index contributed by atoms with van der Waals surface area (Å²) in [5, 5.41) is 2.58. The van der Waals surface area contributed by atoms with E-state index in [1.165, 1.54) is 0 Å². The van der Waals surface area contributed by atoms with Gasteiger partial charge in [-0.25, -0.2) is 8.42 Å². The SMILES string of the molecule is COCCCC(N)C(=O)NC(C)CS(C)(=O)=O. The maximum atomic E-state index is 11.6. The second-order valence-corrected chi connectivity index (χ2v) is 6.43. The van der Waals surface area contributed by atoms with Crippen LogP contribution in [0.15, 0.2) is 0 Å². The van der Waals surface area contributed by atoms with E-state index >= 15 is 0 Å². The topological polar surface area (TPSA) is 98.5 Å². The molecule has 6 nitrogen and oxygen atoms in total. The first-order chi connectivity index (χ1) is 7.76. The Balaban J connectivity index is 3.99. The molecule has 0 saturated heterocycles. The largest absolute Gasteiger partial charge is 0.385 e. The molecule has 102 valence electrons. The Hall–Kier alpha value is -0.660. The second-order valence-electron chi connectivity index (χ2n) is 4.24. The summed E-state index contributed by atoms with van der Waals surface area (Å²) < 4.78 is 26.9. The average molecular weight is 266 g/mol. The Morgan fingerprint density at radius 1 is 1.47 bits per heavy atom. The molecule has 1 amide bonds. The van der Waals surface area contributed by atoms with Crippen LogP contribution in [0.3, 0.4) is 0 Å². The third-order valence-corrected chi connectivity index (χ3v) is 3.25. The molecular formula is C10H22N2O4S. The molecule has 0 aliphatic rings. The molecule has 0 aromatic carbocycles. The number of carbonyl (C=O) groups excluding carboxylic acids is 1. The van der Waals surface area contributed by atoms with Gasteiger partial charge in [0.1, 0.15) is 9.84 Å². The smallest absolute Gasteiger partial charge is 0.237 e. The Kier molecular flexibility index (Phi) is 7.33. The van der Waals surface area contributed by atoms with Crippen LogP contribution in [0.1, 0.15) is 19.8 Å². The van der Waals surface area contributed by atoms with Crippen molar-refractivity contribution in [2.75, 3.05) is 25.7 Å². The van der Waals surface area contributed by atoms with Crippen molar-refractivity contribution in [3.8, 4) is 0 Å². The number of rotatable bonds is 8. The molecule has 0 spiro atoms. The van der Waals surface area contributed by atoms with Gasteiger partial charge in [-0.1, -0.05) is 0 Å². The number of ether oxygens (including phenoxy) is 1. The number of hydrogen-bond donors (Lipinski definition) is 2. The minimum absolute atomic E-state index is 0.0798. The van der Waals surface area contributed by atoms with E-state index in [4.69, 9.17) is 10.5 Å². The van der Waals surface area contributed by atoms with Gasteiger partial charge in [0.15, 0.2) is 0 Å². The molecule has 0 saturated carbocycles. The highest BCUT2D eigenvalue weighted by Crippen LogP contribution is 1.97. The monoisotopic (exact) mass is 266 g/mol. The van der Waals surface area contributed by atoms with Gasteiger partial charge in [0.2, 0.25) is 5.91 Å². The van der Waals surface area contributed by atoms with Crippen LogP contribution in [0, 0.1) is 0 Å². The molecule has 0 aliphatic heterocycles. The zero-order valence-electron chi connectivity index (χ0n) is 10.6. The summed E-state index contributed by atoms with van der Waals surface area (Å²) >= 11 is 0. The molecule has 2 atom stereocenters. The Bertz CT molecular complexity index is 329. The highest BCUT2D eigenvalue weighted by Gasteiger charge is 2.17. The van der Waals surface area contributed by atoms with Crippen LogP contribution in [0.5, 0.6) is 0 Å². The summed E-state index contributed by atoms with van der Waals surface area (Å²) in [4.78, 5) is 11.6. The molecule has 0 fully saturated rings. The lowest BCUT2D eigenvalue weighted by molar-refractivity contribution is -0.123. The van der Waals surface area contributed by atoms with E-state index in [1.54, 1.807) is 14.0 Å². The van der Waals surface area contributed by atoms with Crippen LogP contribution in [-0.4, -0.2) is 52.1 Å². The lowest BCUT2D eigenvalue weighted by Gasteiger charge is -2.16. The number of carbonyl (C=O) groups is 1. The van der Waals surface area contributed by atoms with Crippen molar-refractivity contribution in [2.24, 2.45) is 5.73 Å². The summed E-state index contributed by atoms with van der Waals surface area (Å²) in [6, 6.07) is -1.04. The van der Waals surface area contributed by atoms with Crippen LogP contribution in [0.25, 0.3) is 0 Å². The van der Waals surface area contributed by atoms with Crippen molar-refractivity contribution in [3.63, 3.8) is 0 Å². The Labute approximate surface area is 103 Å². The Morgan fingerprint density at radius 2 is 2.06 bits per heavy atom. The van der Waals surface area contributed by atoms with Gasteiger partial charge in [0.05, 0.1) is 11.8 Å². The fourth-order valence-corrected chi connectivity index (χ4v) is 2.42. The summed E-state index contributed by atoms with van der Waals surface area (Å²) in [6.45, 7) is 2.20. The van der Waals surface area contributed by atoms with Gasteiger partial charge in [-0.2, -0.15) is 0 Å². The van der Waals surface area contributed by atoms with Gasteiger partial charge in [0.25, 0.3) is 0 Å². The van der Waals surface area contributed by atoms with Crippen molar-refractivity contribution < 1.29 is 17.9 Å². The molecule has 0 heterocycles. The first kappa shape index (κ1) is 16.3. The van der Waals surface area contributed by atoms with Crippen LogP contribution >= 0.6 is 0 Å². The van der Waals surface area contributed by atoms with Crippen molar-refractivity contribution in [1.29, 1.82) is 0 Å². The third-order valence-electron chi connectivity index (χ3n) is 2.14. The number of amides is 1. The van der Waals surface area contributed by atoms with E-state index in [2.05, 4.69) is 5.32 Å². The molecule has 17 heavy (non-hydrogen) atoms. The number of sulfone groups is 1. The lowest BCUT2D eigenvalue weighted by Crippen LogP contribution is -2.46. The zero-order valence-corrected chi connectivity index (χ0v) is 11.4. The average Bonchev–Trinajstić information content (AvgIpc) is 2.14. The normalized spacial score (nSPS) is 15.3. The van der Waals surface area contributed by atoms with Gasteiger partial charge in [-0.15, -0.1) is 0 Å². The highest BCUT2D eigenvalue weighted by atomic mass is 32.2. The standard InChI is InChI=1S/C10H22N2O4S/c1-8(7-17(3,14)15)12-10(13)9(11)5-4-6-16-2/h8-9H,4-7,11H2,1-3H3,(H,12,13). The predicted octanol–water partition coefficient (Wildman–Crippen LogP) is -0.710. The van der Waals surface area contributed by atoms with Gasteiger partial charge in [0, 0.05) is 26.0 Å². The minimum Gasteiger partial charge on any atom is -0.385 e. The number of nitrogens with one attached hydrogen (secondary N) is 1. The molecule has 3 N–H and O–H groups in total. The molecule has 2 unspecified atom stereocenters. The van der Waals surface area contributed by atoms with Crippen LogP contribution in [-0.2, 0) is 19.4 Å². The first-order valence-electron chi connectivity index (χ1n) is 5.49. The number of nitrogens with two attached hydrogens (primary N) is 1. The number of hydrogen-bond acceptors (Lipinski definition) is 5. The van der Waals surface area contributed by atoms with E-state index < -0.39 is 21.9 Å². The summed E-state index contributed by atoms with van der Waals surface area (Å²) in [5.41, 5.74) is 5.65. The number of methoxy groups -OCH3 is 1. The summed E-state index contributed by atoms with van der Waals surface area (Å²) in [6.07, 6.45) is 2.35. The molecule has 0 aromatic heterocycles. The fraction of sp³-hybridized carbons (Fsp3) is 0.900. The van der Waals surface area contributed by atoms with Gasteiger partial charge in [-0.05, 0) is 19.8 Å². The first-order valence-corrected chi connectivity index (χ1v) is 7.55. The van der Waals surface area contributed by atoms with E-state index in [1.807, 2.05) is 0 Å². The minimum atomic E-state index is -3.09. The van der Waals surface area contributed by atoms with E-state index in [-0.39, 0.29) is 11.7 Å². The maximum absolute atomic E-state index is 11.6. The quantitative estimate of drug-likeness (QED) is 0.565. The maximum Gasteiger partial charge on any atom is 0.237 e. The van der Waals surface area contributed by atoms with Crippen molar-refractivity contribution in [2.45, 2.75) is 31.8 Å². The molecular weight excluding hydrogens is 244 g/mol. The fourth-order valence-electron chi connectivity index (χ4n) is 1.42. The van der Waals surface area contributed by atoms with E-state index in [9.17, 15) is 13.2 Å². The lowest BCUT2D eigenvalue weighted by atomic mass is 10.1. The van der Waals surface area contributed by atoms with Gasteiger partial charge < -0.3 is 15.8 Å². The Morgan fingerprint density at radius 3 is 2.53 bits per heavy atom. The molecule has 7 heteroatoms. The molecule has 0 aromatic rings. The zero-order chi connectivity index (χ0) is 13.5. The van der Waals surface area contributed by atoms with E-state index in [0.29, 0.717) is 19.4 Å². The van der Waals surface area contributed by atoms with Crippen LogP contribution in [0.4, 0.5) is 0 Å². The van der Waals surface area contributed by atoms with Crippen LogP contribution < -0.4 is 11.1 Å². The third kappa shape index (κ3) is 9.08. The van der Waals surface area contributed by atoms with E-state index in [0.717, 1.165) is 6.26 Å². The summed E-state index contributed by atoms with van der Waals surface area (Å²) in [7, 11) is -1.51. The highest BCUT2D eigenvalue weighted by molar-refractivity contribution is 7.90. The van der Waals surface area contributed by atoms with Crippen molar-refractivity contribution in [1.82, 2.24) is 5.32 Å². The molecule has 0 aliphatic carbocycles. The molecule has 0 radical (unpaired) electrons. The molecule has 0 rings (SSSR count). The molecule has 0 bridgehead atoms. The van der Waals surface area contributed by atoms with Crippen molar-refractivity contribution in [3.05, 3.63) is 0 Å².